The molecule has 0 saturated heterocycles. The maximum atomic E-state index is 12.1. The first-order valence-corrected chi connectivity index (χ1v) is 9.55. The largest absolute Gasteiger partial charge is 0.497 e. The predicted octanol–water partition coefficient (Wildman–Crippen LogP) is 4.08. The van der Waals surface area contributed by atoms with Gasteiger partial charge in [0.1, 0.15) is 11.5 Å². The van der Waals surface area contributed by atoms with Crippen LogP contribution >= 0.6 is 11.3 Å². The summed E-state index contributed by atoms with van der Waals surface area (Å²) < 4.78 is 10.5. The van der Waals surface area contributed by atoms with Gasteiger partial charge in [-0.25, -0.2) is 4.98 Å². The van der Waals surface area contributed by atoms with Crippen LogP contribution in [0.5, 0.6) is 11.5 Å². The SMILES string of the molecule is COc1ccc(-c2csc(CCC(=O)NCc3ccccc3OC)n2)cc1. The van der Waals surface area contributed by atoms with E-state index in [1.807, 2.05) is 53.9 Å². The number of nitrogens with zero attached hydrogens (tertiary/aromatic N) is 1. The number of thiazole rings is 1. The number of hydrogen-bond donors (Lipinski definition) is 1. The monoisotopic (exact) mass is 382 g/mol. The van der Waals surface area contributed by atoms with Gasteiger partial charge in [0.25, 0.3) is 0 Å². The summed E-state index contributed by atoms with van der Waals surface area (Å²) in [5, 5.41) is 5.91. The van der Waals surface area contributed by atoms with Crippen molar-refractivity contribution in [3.8, 4) is 22.8 Å². The van der Waals surface area contributed by atoms with Crippen LogP contribution in [0.2, 0.25) is 0 Å². The highest BCUT2D eigenvalue weighted by atomic mass is 32.1. The summed E-state index contributed by atoms with van der Waals surface area (Å²) in [6.45, 7) is 0.456. The molecule has 2 aromatic carbocycles. The normalized spacial score (nSPS) is 10.4. The second-order valence-electron chi connectivity index (χ2n) is 5.94. The third-order valence-electron chi connectivity index (χ3n) is 4.17. The van der Waals surface area contributed by atoms with Crippen molar-refractivity contribution >= 4 is 17.2 Å². The zero-order valence-electron chi connectivity index (χ0n) is 15.4. The minimum absolute atomic E-state index is 0.00195. The number of carbonyl (C=O) groups excluding carboxylic acids is 1. The molecule has 0 saturated carbocycles. The van der Waals surface area contributed by atoms with Gasteiger partial charge in [-0.2, -0.15) is 0 Å². The van der Waals surface area contributed by atoms with Gasteiger partial charge in [0.05, 0.1) is 24.9 Å². The molecule has 140 valence electrons. The summed E-state index contributed by atoms with van der Waals surface area (Å²) >= 11 is 1.57. The number of aryl methyl sites for hydroxylation is 1. The van der Waals surface area contributed by atoms with E-state index in [0.717, 1.165) is 33.3 Å². The Kier molecular flexibility index (Phi) is 6.44. The molecule has 5 nitrogen and oxygen atoms in total. The van der Waals surface area contributed by atoms with E-state index in [9.17, 15) is 4.79 Å². The number of hydrogen-bond acceptors (Lipinski definition) is 5. The molecule has 1 N–H and O–H groups in total. The summed E-state index contributed by atoms with van der Waals surface area (Å²) in [6, 6.07) is 15.5. The van der Waals surface area contributed by atoms with Gasteiger partial charge < -0.3 is 14.8 Å². The topological polar surface area (TPSA) is 60.5 Å². The van der Waals surface area contributed by atoms with Gasteiger partial charge in [0, 0.05) is 35.9 Å². The lowest BCUT2D eigenvalue weighted by atomic mass is 10.2. The Hall–Kier alpha value is -2.86. The first kappa shape index (κ1) is 18.9. The summed E-state index contributed by atoms with van der Waals surface area (Å²) in [5.74, 6) is 1.60. The van der Waals surface area contributed by atoms with E-state index in [1.165, 1.54) is 0 Å². The predicted molar refractivity (Wildman–Crippen MR) is 107 cm³/mol. The minimum atomic E-state index is 0.00195. The van der Waals surface area contributed by atoms with Gasteiger partial charge in [-0.05, 0) is 30.3 Å². The fourth-order valence-electron chi connectivity index (χ4n) is 2.67. The van der Waals surface area contributed by atoms with Crippen molar-refractivity contribution in [2.24, 2.45) is 0 Å². The van der Waals surface area contributed by atoms with Crippen LogP contribution in [-0.4, -0.2) is 25.1 Å². The second-order valence-corrected chi connectivity index (χ2v) is 6.89. The number of benzene rings is 2. The van der Waals surface area contributed by atoms with Gasteiger partial charge in [-0.1, -0.05) is 18.2 Å². The Labute approximate surface area is 163 Å². The molecule has 27 heavy (non-hydrogen) atoms. The molecule has 3 rings (SSSR count). The van der Waals surface area contributed by atoms with Crippen LogP contribution in [-0.2, 0) is 17.8 Å². The second kappa shape index (κ2) is 9.19. The van der Waals surface area contributed by atoms with Crippen LogP contribution in [0.1, 0.15) is 17.0 Å². The van der Waals surface area contributed by atoms with Gasteiger partial charge in [-0.15, -0.1) is 11.3 Å². The molecule has 6 heteroatoms. The minimum Gasteiger partial charge on any atom is -0.497 e. The van der Waals surface area contributed by atoms with Crippen LogP contribution < -0.4 is 14.8 Å². The Morgan fingerprint density at radius 3 is 2.59 bits per heavy atom. The third-order valence-corrected chi connectivity index (χ3v) is 5.08. The highest BCUT2D eigenvalue weighted by Crippen LogP contribution is 2.24. The maximum Gasteiger partial charge on any atom is 0.220 e. The average molecular weight is 382 g/mol. The molecule has 0 aliphatic carbocycles. The average Bonchev–Trinajstić information content (AvgIpc) is 3.20. The Morgan fingerprint density at radius 2 is 1.85 bits per heavy atom. The van der Waals surface area contributed by atoms with Crippen LogP contribution in [0.4, 0.5) is 0 Å². The number of para-hydroxylation sites is 1. The van der Waals surface area contributed by atoms with E-state index in [0.29, 0.717) is 19.4 Å². The lowest BCUT2D eigenvalue weighted by molar-refractivity contribution is -0.121. The smallest absolute Gasteiger partial charge is 0.220 e. The van der Waals surface area contributed by atoms with Crippen molar-refractivity contribution in [1.82, 2.24) is 10.3 Å². The van der Waals surface area contributed by atoms with Gasteiger partial charge >= 0.3 is 0 Å². The van der Waals surface area contributed by atoms with E-state index in [4.69, 9.17) is 9.47 Å². The molecule has 0 atom stereocenters. The zero-order valence-corrected chi connectivity index (χ0v) is 16.2. The molecule has 1 heterocycles. The van der Waals surface area contributed by atoms with Crippen molar-refractivity contribution in [2.75, 3.05) is 14.2 Å². The molecular weight excluding hydrogens is 360 g/mol. The Morgan fingerprint density at radius 1 is 1.07 bits per heavy atom. The third kappa shape index (κ3) is 5.08. The van der Waals surface area contributed by atoms with Gasteiger partial charge in [0.2, 0.25) is 5.91 Å². The molecule has 0 radical (unpaired) electrons. The molecule has 1 aromatic heterocycles. The molecule has 0 spiro atoms. The zero-order chi connectivity index (χ0) is 19.1. The molecule has 3 aromatic rings. The van der Waals surface area contributed by atoms with E-state index in [2.05, 4.69) is 10.3 Å². The highest BCUT2D eigenvalue weighted by Gasteiger charge is 2.09. The van der Waals surface area contributed by atoms with Crippen molar-refractivity contribution in [1.29, 1.82) is 0 Å². The molecule has 0 bridgehead atoms. The van der Waals surface area contributed by atoms with Crippen molar-refractivity contribution < 1.29 is 14.3 Å². The van der Waals surface area contributed by atoms with Crippen molar-refractivity contribution in [3.05, 3.63) is 64.5 Å². The number of nitrogens with one attached hydrogen (secondary N) is 1. The molecule has 0 aliphatic heterocycles. The number of aromatic nitrogens is 1. The number of amides is 1. The molecule has 0 fully saturated rings. The van der Waals surface area contributed by atoms with E-state index in [1.54, 1.807) is 25.6 Å². The molecule has 0 aliphatic rings. The van der Waals surface area contributed by atoms with E-state index < -0.39 is 0 Å². The number of rotatable bonds is 8. The first-order chi connectivity index (χ1) is 13.2. The van der Waals surface area contributed by atoms with Crippen LogP contribution in [0.3, 0.4) is 0 Å². The van der Waals surface area contributed by atoms with Crippen LogP contribution in [0, 0.1) is 0 Å². The summed E-state index contributed by atoms with van der Waals surface area (Å²) in [6.07, 6.45) is 1.03. The highest BCUT2D eigenvalue weighted by molar-refractivity contribution is 7.09. The molecule has 0 unspecified atom stereocenters. The van der Waals surface area contributed by atoms with Crippen LogP contribution in [0.15, 0.2) is 53.9 Å². The lowest BCUT2D eigenvalue weighted by Crippen LogP contribution is -2.23. The summed E-state index contributed by atoms with van der Waals surface area (Å²) in [7, 11) is 3.28. The van der Waals surface area contributed by atoms with Crippen molar-refractivity contribution in [3.63, 3.8) is 0 Å². The summed E-state index contributed by atoms with van der Waals surface area (Å²) in [5.41, 5.74) is 2.93. The fourth-order valence-corrected chi connectivity index (χ4v) is 3.48. The number of methoxy groups -OCH3 is 2. The lowest BCUT2D eigenvalue weighted by Gasteiger charge is -2.09. The maximum absolute atomic E-state index is 12.1. The van der Waals surface area contributed by atoms with Crippen molar-refractivity contribution in [2.45, 2.75) is 19.4 Å². The standard InChI is InChI=1S/C21H22N2O3S/c1-25-17-9-7-15(8-10-17)18-14-27-21(23-18)12-11-20(24)22-13-16-5-3-4-6-19(16)26-2/h3-10,14H,11-13H2,1-2H3,(H,22,24). The molecule has 1 amide bonds. The van der Waals surface area contributed by atoms with Gasteiger partial charge in [0.15, 0.2) is 0 Å². The van der Waals surface area contributed by atoms with Crippen LogP contribution in [0.25, 0.3) is 11.3 Å². The van der Waals surface area contributed by atoms with E-state index in [-0.39, 0.29) is 5.91 Å². The van der Waals surface area contributed by atoms with E-state index >= 15 is 0 Å². The Bertz CT molecular complexity index is 890. The quantitative estimate of drug-likeness (QED) is 0.638. The first-order valence-electron chi connectivity index (χ1n) is 8.67. The summed E-state index contributed by atoms with van der Waals surface area (Å²) in [4.78, 5) is 16.8. The molecular formula is C21H22N2O3S. The van der Waals surface area contributed by atoms with Gasteiger partial charge in [-0.3, -0.25) is 4.79 Å². The number of carbonyl (C=O) groups is 1. The Balaban J connectivity index is 1.51. The number of ether oxygens (including phenoxy) is 2. The fraction of sp³-hybridized carbons (Fsp3) is 0.238.